The Hall–Kier alpha value is -1.91. The number of ether oxygens (including phenoxy) is 1. The highest BCUT2D eigenvalue weighted by molar-refractivity contribution is 5.68. The van der Waals surface area contributed by atoms with Crippen molar-refractivity contribution in [1.29, 1.82) is 0 Å². The third kappa shape index (κ3) is 3.53. The summed E-state index contributed by atoms with van der Waals surface area (Å²) in [5.41, 5.74) is 0.885. The average molecular weight is 265 g/mol. The first-order chi connectivity index (χ1) is 9.20. The van der Waals surface area contributed by atoms with Crippen LogP contribution in [0.3, 0.4) is 0 Å². The summed E-state index contributed by atoms with van der Waals surface area (Å²) in [4.78, 5) is 23.7. The van der Waals surface area contributed by atoms with Crippen LogP contribution in [-0.2, 0) is 16.1 Å². The molecule has 0 aromatic heterocycles. The third-order valence-electron chi connectivity index (χ3n) is 3.23. The Kier molecular flexibility index (Phi) is 4.49. The lowest BCUT2D eigenvalue weighted by molar-refractivity contribution is -0.114. The number of benzene rings is 1. The molecule has 102 valence electrons. The van der Waals surface area contributed by atoms with Gasteiger partial charge in [-0.3, -0.25) is 0 Å². The molecule has 2 atom stereocenters. The molecule has 1 fully saturated rings. The molecule has 1 amide bonds. The maximum Gasteiger partial charge on any atom is 0.410 e. The van der Waals surface area contributed by atoms with Crippen LogP contribution in [0.5, 0.6) is 0 Å². The van der Waals surface area contributed by atoms with Crippen molar-refractivity contribution in [3.63, 3.8) is 0 Å². The maximum absolute atomic E-state index is 13.5. The van der Waals surface area contributed by atoms with Gasteiger partial charge in [0, 0.05) is 12.5 Å². The third-order valence-corrected chi connectivity index (χ3v) is 3.23. The van der Waals surface area contributed by atoms with Crippen LogP contribution < -0.4 is 0 Å². The molecule has 0 aliphatic carbocycles. The van der Waals surface area contributed by atoms with E-state index >= 15 is 0 Å². The van der Waals surface area contributed by atoms with Crippen molar-refractivity contribution in [2.75, 3.05) is 13.1 Å². The Morgan fingerprint density at radius 3 is 2.79 bits per heavy atom. The molecule has 0 saturated carbocycles. The van der Waals surface area contributed by atoms with Crippen molar-refractivity contribution in [3.05, 3.63) is 35.9 Å². The van der Waals surface area contributed by atoms with Gasteiger partial charge in [-0.1, -0.05) is 30.3 Å². The van der Waals surface area contributed by atoms with E-state index in [1.54, 1.807) is 0 Å². The van der Waals surface area contributed by atoms with E-state index in [0.29, 0.717) is 19.3 Å². The number of aldehydes is 1. The fourth-order valence-electron chi connectivity index (χ4n) is 2.05. The molecule has 1 aromatic rings. The van der Waals surface area contributed by atoms with Crippen LogP contribution in [-0.4, -0.2) is 36.5 Å². The van der Waals surface area contributed by atoms with Crippen LogP contribution in [0.25, 0.3) is 0 Å². The highest BCUT2D eigenvalue weighted by Gasteiger charge is 2.31. The zero-order valence-electron chi connectivity index (χ0n) is 10.5. The lowest BCUT2D eigenvalue weighted by Crippen LogP contribution is -2.45. The summed E-state index contributed by atoms with van der Waals surface area (Å²) in [5.74, 6) is -0.599. The van der Waals surface area contributed by atoms with Gasteiger partial charge in [-0.25, -0.2) is 9.18 Å². The summed E-state index contributed by atoms with van der Waals surface area (Å²) >= 11 is 0. The van der Waals surface area contributed by atoms with Crippen LogP contribution in [0, 0.1) is 5.92 Å². The summed E-state index contributed by atoms with van der Waals surface area (Å²) in [7, 11) is 0. The van der Waals surface area contributed by atoms with Crippen molar-refractivity contribution in [2.45, 2.75) is 19.2 Å². The standard InChI is InChI=1S/C14H16FNO3/c15-13-8-16(7-6-12(13)9-17)14(18)19-10-11-4-2-1-3-5-11/h1-5,9,12-13H,6-8,10H2/t12-,13-/m0/s1. The normalized spacial score (nSPS) is 22.9. The number of halogens is 1. The van der Waals surface area contributed by atoms with Crippen LogP contribution in [0.2, 0.25) is 0 Å². The number of carbonyl (C=O) groups excluding carboxylic acids is 2. The van der Waals surface area contributed by atoms with E-state index in [-0.39, 0.29) is 13.2 Å². The quantitative estimate of drug-likeness (QED) is 0.787. The summed E-state index contributed by atoms with van der Waals surface area (Å²) in [6.07, 6.45) is -0.853. The summed E-state index contributed by atoms with van der Waals surface area (Å²) in [5, 5.41) is 0. The number of rotatable bonds is 3. The topological polar surface area (TPSA) is 46.6 Å². The second-order valence-electron chi connectivity index (χ2n) is 4.59. The molecule has 0 spiro atoms. The minimum absolute atomic E-state index is 0.0724. The first-order valence-corrected chi connectivity index (χ1v) is 6.25. The fourth-order valence-corrected chi connectivity index (χ4v) is 2.05. The Morgan fingerprint density at radius 1 is 1.42 bits per heavy atom. The Morgan fingerprint density at radius 2 is 2.16 bits per heavy atom. The maximum atomic E-state index is 13.5. The molecule has 1 aliphatic heterocycles. The molecule has 0 N–H and O–H groups in total. The number of hydrogen-bond donors (Lipinski definition) is 0. The number of alkyl halides is 1. The molecule has 1 saturated heterocycles. The molecule has 5 heteroatoms. The van der Waals surface area contributed by atoms with Gasteiger partial charge in [0.2, 0.25) is 0 Å². The molecule has 19 heavy (non-hydrogen) atoms. The second-order valence-corrected chi connectivity index (χ2v) is 4.59. The SMILES string of the molecule is O=C[C@@H]1CCN(C(=O)OCc2ccccc2)C[C@@H]1F. The van der Waals surface area contributed by atoms with Crippen molar-refractivity contribution in [1.82, 2.24) is 4.90 Å². The van der Waals surface area contributed by atoms with E-state index in [1.165, 1.54) is 4.90 Å². The van der Waals surface area contributed by atoms with Crippen molar-refractivity contribution in [2.24, 2.45) is 5.92 Å². The molecule has 1 aromatic carbocycles. The number of carbonyl (C=O) groups is 2. The molecule has 1 aliphatic rings. The minimum atomic E-state index is -1.30. The summed E-state index contributed by atoms with van der Waals surface area (Å²) < 4.78 is 18.7. The van der Waals surface area contributed by atoms with Crippen LogP contribution in [0.15, 0.2) is 30.3 Å². The van der Waals surface area contributed by atoms with Crippen molar-refractivity contribution >= 4 is 12.4 Å². The van der Waals surface area contributed by atoms with Crippen LogP contribution in [0.4, 0.5) is 9.18 Å². The van der Waals surface area contributed by atoms with E-state index < -0.39 is 18.2 Å². The molecular weight excluding hydrogens is 249 g/mol. The number of likely N-dealkylation sites (tertiary alicyclic amines) is 1. The number of piperidine rings is 1. The van der Waals surface area contributed by atoms with Gasteiger partial charge >= 0.3 is 6.09 Å². The van der Waals surface area contributed by atoms with E-state index in [0.717, 1.165) is 5.56 Å². The fraction of sp³-hybridized carbons (Fsp3) is 0.429. The molecule has 0 bridgehead atoms. The number of amides is 1. The highest BCUT2D eigenvalue weighted by Crippen LogP contribution is 2.19. The molecule has 0 radical (unpaired) electrons. The lowest BCUT2D eigenvalue weighted by Gasteiger charge is -2.31. The average Bonchev–Trinajstić information content (AvgIpc) is 2.45. The van der Waals surface area contributed by atoms with Gasteiger partial charge in [0.05, 0.1) is 6.54 Å². The van der Waals surface area contributed by atoms with E-state index in [4.69, 9.17) is 4.74 Å². The Balaban J connectivity index is 1.82. The monoisotopic (exact) mass is 265 g/mol. The highest BCUT2D eigenvalue weighted by atomic mass is 19.1. The molecule has 0 unspecified atom stereocenters. The Bertz CT molecular complexity index is 438. The van der Waals surface area contributed by atoms with Gasteiger partial charge in [-0.2, -0.15) is 0 Å². The largest absolute Gasteiger partial charge is 0.445 e. The molecule has 2 rings (SSSR count). The van der Waals surface area contributed by atoms with Gasteiger partial charge in [0.15, 0.2) is 0 Å². The zero-order chi connectivity index (χ0) is 13.7. The predicted octanol–water partition coefficient (Wildman–Crippen LogP) is 2.18. The number of hydrogen-bond acceptors (Lipinski definition) is 3. The predicted molar refractivity (Wildman–Crippen MR) is 67.3 cm³/mol. The minimum Gasteiger partial charge on any atom is -0.445 e. The molecule has 1 heterocycles. The first-order valence-electron chi connectivity index (χ1n) is 6.25. The van der Waals surface area contributed by atoms with E-state index in [1.807, 2.05) is 30.3 Å². The number of nitrogens with zero attached hydrogens (tertiary/aromatic N) is 1. The van der Waals surface area contributed by atoms with Gasteiger partial charge in [0.25, 0.3) is 0 Å². The van der Waals surface area contributed by atoms with Gasteiger partial charge in [-0.15, -0.1) is 0 Å². The van der Waals surface area contributed by atoms with E-state index in [9.17, 15) is 14.0 Å². The molecular formula is C14H16FNO3. The molecule has 4 nitrogen and oxygen atoms in total. The lowest BCUT2D eigenvalue weighted by atomic mass is 9.97. The van der Waals surface area contributed by atoms with Crippen LogP contribution in [0.1, 0.15) is 12.0 Å². The Labute approximate surface area is 111 Å². The smallest absolute Gasteiger partial charge is 0.410 e. The zero-order valence-corrected chi connectivity index (χ0v) is 10.5. The van der Waals surface area contributed by atoms with Crippen molar-refractivity contribution in [3.8, 4) is 0 Å². The summed E-state index contributed by atoms with van der Waals surface area (Å²) in [6.45, 7) is 0.457. The van der Waals surface area contributed by atoms with Gasteiger partial charge in [-0.05, 0) is 12.0 Å². The second kappa shape index (κ2) is 6.31. The first kappa shape index (κ1) is 13.5. The van der Waals surface area contributed by atoms with E-state index in [2.05, 4.69) is 0 Å². The van der Waals surface area contributed by atoms with Gasteiger partial charge < -0.3 is 14.4 Å². The van der Waals surface area contributed by atoms with Crippen molar-refractivity contribution < 1.29 is 18.7 Å². The van der Waals surface area contributed by atoms with Crippen LogP contribution >= 0.6 is 0 Å². The summed E-state index contributed by atoms with van der Waals surface area (Å²) in [6, 6.07) is 9.30. The van der Waals surface area contributed by atoms with Gasteiger partial charge in [0.1, 0.15) is 19.1 Å².